The number of benzene rings is 2. The van der Waals surface area contributed by atoms with Crippen LogP contribution in [0.2, 0.25) is 0 Å². The molecular formula is C22H24O3. The normalized spacial score (nSPS) is 24.1. The van der Waals surface area contributed by atoms with Crippen LogP contribution in [0.25, 0.3) is 0 Å². The van der Waals surface area contributed by atoms with Crippen molar-refractivity contribution in [2.24, 2.45) is 5.92 Å². The van der Waals surface area contributed by atoms with Gasteiger partial charge in [-0.2, -0.15) is 0 Å². The van der Waals surface area contributed by atoms with Gasteiger partial charge in [-0.3, -0.25) is 9.59 Å². The third kappa shape index (κ3) is 3.65. The lowest BCUT2D eigenvalue weighted by Gasteiger charge is -2.25. The van der Waals surface area contributed by atoms with E-state index in [1.165, 1.54) is 0 Å². The predicted octanol–water partition coefficient (Wildman–Crippen LogP) is 4.48. The van der Waals surface area contributed by atoms with Gasteiger partial charge in [0.25, 0.3) is 0 Å². The molecule has 2 aromatic carbocycles. The fourth-order valence-corrected chi connectivity index (χ4v) is 3.66. The molecule has 0 heterocycles. The third-order valence-electron chi connectivity index (χ3n) is 5.12. The van der Waals surface area contributed by atoms with Crippen molar-refractivity contribution in [1.29, 1.82) is 0 Å². The van der Waals surface area contributed by atoms with Crippen molar-refractivity contribution >= 4 is 11.8 Å². The molecule has 3 heteroatoms. The van der Waals surface area contributed by atoms with Crippen LogP contribution in [0.5, 0.6) is 0 Å². The standard InChI is InChI=1S/C22H24O3/c1-3-15(2)25-22(24)21-19(23)14-18(16-10-6-4-7-11-16)20(21)17-12-8-5-9-13-17/h4-13,15,18,20-21H,3,14H2,1-2H3/t15-,18+,20-,21+/m1/s1. The average molecular weight is 336 g/mol. The number of ketones is 1. The molecule has 25 heavy (non-hydrogen) atoms. The van der Waals surface area contributed by atoms with Gasteiger partial charge in [0.2, 0.25) is 0 Å². The molecule has 130 valence electrons. The minimum absolute atomic E-state index is 0.00517. The number of rotatable bonds is 5. The molecule has 0 aromatic heterocycles. The van der Waals surface area contributed by atoms with E-state index in [0.717, 1.165) is 17.5 Å². The number of hydrogen-bond donors (Lipinski definition) is 0. The van der Waals surface area contributed by atoms with E-state index in [2.05, 4.69) is 0 Å². The number of Topliss-reactive ketones (excluding diaryl/α,β-unsaturated/α-hetero) is 1. The smallest absolute Gasteiger partial charge is 0.317 e. The molecule has 0 spiro atoms. The van der Waals surface area contributed by atoms with Gasteiger partial charge in [0.15, 0.2) is 0 Å². The summed E-state index contributed by atoms with van der Waals surface area (Å²) in [4.78, 5) is 25.5. The minimum atomic E-state index is -0.721. The number of carbonyl (C=O) groups is 2. The Morgan fingerprint density at radius 2 is 1.60 bits per heavy atom. The van der Waals surface area contributed by atoms with Gasteiger partial charge in [0.1, 0.15) is 11.7 Å². The van der Waals surface area contributed by atoms with Crippen molar-refractivity contribution in [3.63, 3.8) is 0 Å². The maximum absolute atomic E-state index is 12.8. The van der Waals surface area contributed by atoms with E-state index in [-0.39, 0.29) is 29.7 Å². The van der Waals surface area contributed by atoms with Crippen LogP contribution in [0.1, 0.15) is 49.7 Å². The molecule has 0 bridgehead atoms. The molecule has 1 saturated carbocycles. The second-order valence-corrected chi connectivity index (χ2v) is 6.76. The first-order valence-electron chi connectivity index (χ1n) is 8.95. The Kier molecular flexibility index (Phi) is 5.32. The Morgan fingerprint density at radius 3 is 2.16 bits per heavy atom. The van der Waals surface area contributed by atoms with E-state index in [0.29, 0.717) is 6.42 Å². The van der Waals surface area contributed by atoms with Crippen LogP contribution in [0.3, 0.4) is 0 Å². The maximum Gasteiger partial charge on any atom is 0.317 e. The lowest BCUT2D eigenvalue weighted by Crippen LogP contribution is -2.29. The van der Waals surface area contributed by atoms with Crippen molar-refractivity contribution in [1.82, 2.24) is 0 Å². The van der Waals surface area contributed by atoms with Gasteiger partial charge in [0.05, 0.1) is 6.10 Å². The van der Waals surface area contributed by atoms with Crippen LogP contribution in [-0.4, -0.2) is 17.9 Å². The second-order valence-electron chi connectivity index (χ2n) is 6.76. The van der Waals surface area contributed by atoms with Gasteiger partial charge in [-0.05, 0) is 30.4 Å². The Labute approximate surface area is 149 Å². The van der Waals surface area contributed by atoms with Crippen LogP contribution < -0.4 is 0 Å². The molecule has 1 aliphatic carbocycles. The Hall–Kier alpha value is -2.42. The average Bonchev–Trinajstić information content (AvgIpc) is 3.00. The summed E-state index contributed by atoms with van der Waals surface area (Å²) >= 11 is 0. The largest absolute Gasteiger partial charge is 0.462 e. The summed E-state index contributed by atoms with van der Waals surface area (Å²) in [5.41, 5.74) is 2.12. The first-order chi connectivity index (χ1) is 12.1. The lowest BCUT2D eigenvalue weighted by molar-refractivity contribution is -0.155. The molecule has 0 N–H and O–H groups in total. The molecule has 3 rings (SSSR count). The molecule has 0 aliphatic heterocycles. The molecule has 4 atom stereocenters. The highest BCUT2D eigenvalue weighted by atomic mass is 16.5. The Morgan fingerprint density at radius 1 is 1.04 bits per heavy atom. The van der Waals surface area contributed by atoms with Crippen LogP contribution in [-0.2, 0) is 14.3 Å². The minimum Gasteiger partial charge on any atom is -0.462 e. The molecular weight excluding hydrogens is 312 g/mol. The number of ether oxygens (including phenoxy) is 1. The summed E-state index contributed by atoms with van der Waals surface area (Å²) in [5.74, 6) is -1.29. The van der Waals surface area contributed by atoms with Crippen LogP contribution in [0, 0.1) is 5.92 Å². The van der Waals surface area contributed by atoms with E-state index < -0.39 is 5.92 Å². The summed E-state index contributed by atoms with van der Waals surface area (Å²) < 4.78 is 5.53. The quantitative estimate of drug-likeness (QED) is 0.597. The first-order valence-corrected chi connectivity index (χ1v) is 8.95. The molecule has 0 unspecified atom stereocenters. The van der Waals surface area contributed by atoms with Crippen molar-refractivity contribution in [2.45, 2.75) is 44.6 Å². The molecule has 2 aromatic rings. The van der Waals surface area contributed by atoms with Gasteiger partial charge >= 0.3 is 5.97 Å². The van der Waals surface area contributed by atoms with Crippen LogP contribution in [0.4, 0.5) is 0 Å². The highest BCUT2D eigenvalue weighted by molar-refractivity contribution is 6.02. The molecule has 1 fully saturated rings. The second kappa shape index (κ2) is 7.64. The Bertz CT molecular complexity index is 723. The summed E-state index contributed by atoms with van der Waals surface area (Å²) in [6.07, 6.45) is 0.946. The van der Waals surface area contributed by atoms with Crippen LogP contribution in [0.15, 0.2) is 60.7 Å². The van der Waals surface area contributed by atoms with Gasteiger partial charge in [-0.15, -0.1) is 0 Å². The third-order valence-corrected chi connectivity index (χ3v) is 5.12. The van der Waals surface area contributed by atoms with E-state index >= 15 is 0 Å². The maximum atomic E-state index is 12.8. The van der Waals surface area contributed by atoms with E-state index in [1.54, 1.807) is 0 Å². The summed E-state index contributed by atoms with van der Waals surface area (Å²) in [5, 5.41) is 0. The number of hydrogen-bond acceptors (Lipinski definition) is 3. The highest BCUT2D eigenvalue weighted by Crippen LogP contribution is 2.48. The predicted molar refractivity (Wildman–Crippen MR) is 97.3 cm³/mol. The van der Waals surface area contributed by atoms with Crippen molar-refractivity contribution in [3.8, 4) is 0 Å². The van der Waals surface area contributed by atoms with E-state index in [4.69, 9.17) is 4.74 Å². The van der Waals surface area contributed by atoms with Crippen molar-refractivity contribution in [2.75, 3.05) is 0 Å². The lowest BCUT2D eigenvalue weighted by atomic mass is 9.80. The zero-order valence-corrected chi connectivity index (χ0v) is 14.7. The number of carbonyl (C=O) groups excluding carboxylic acids is 2. The van der Waals surface area contributed by atoms with E-state index in [1.807, 2.05) is 74.5 Å². The monoisotopic (exact) mass is 336 g/mol. The van der Waals surface area contributed by atoms with Gasteiger partial charge in [-0.25, -0.2) is 0 Å². The molecule has 0 amide bonds. The summed E-state index contributed by atoms with van der Waals surface area (Å²) in [6, 6.07) is 19.9. The zero-order valence-electron chi connectivity index (χ0n) is 14.7. The fraction of sp³-hybridized carbons (Fsp3) is 0.364. The van der Waals surface area contributed by atoms with Gasteiger partial charge in [-0.1, -0.05) is 67.6 Å². The van der Waals surface area contributed by atoms with E-state index in [9.17, 15) is 9.59 Å². The number of esters is 1. The Balaban J connectivity index is 1.98. The molecule has 3 nitrogen and oxygen atoms in total. The van der Waals surface area contributed by atoms with Gasteiger partial charge in [0, 0.05) is 12.3 Å². The summed E-state index contributed by atoms with van der Waals surface area (Å²) in [7, 11) is 0. The topological polar surface area (TPSA) is 43.4 Å². The first kappa shape index (κ1) is 17.4. The molecule has 0 radical (unpaired) electrons. The fourth-order valence-electron chi connectivity index (χ4n) is 3.66. The SMILES string of the molecule is CC[C@@H](C)OC(=O)[C@H]1C(=O)C[C@@H](c2ccccc2)[C@H]1c1ccccc1. The molecule has 0 saturated heterocycles. The zero-order chi connectivity index (χ0) is 17.8. The van der Waals surface area contributed by atoms with Crippen molar-refractivity contribution < 1.29 is 14.3 Å². The van der Waals surface area contributed by atoms with Crippen molar-refractivity contribution in [3.05, 3.63) is 71.8 Å². The van der Waals surface area contributed by atoms with Crippen LogP contribution >= 0.6 is 0 Å². The molecule has 1 aliphatic rings. The summed E-state index contributed by atoms with van der Waals surface area (Å²) in [6.45, 7) is 3.83. The highest BCUT2D eigenvalue weighted by Gasteiger charge is 2.48. The van der Waals surface area contributed by atoms with Gasteiger partial charge < -0.3 is 4.74 Å².